The number of hydrogen-bond acceptors (Lipinski definition) is 2. The molecule has 0 amide bonds. The minimum Gasteiger partial charge on any atom is -0.462 e. The van der Waals surface area contributed by atoms with Crippen LogP contribution in [0.15, 0.2) is 0 Å². The van der Waals surface area contributed by atoms with Crippen LogP contribution < -0.4 is 0 Å². The quantitative estimate of drug-likeness (QED) is 0.582. The molecule has 0 aromatic carbocycles. The fraction of sp³-hybridized carbons (Fsp3) is 0.929. The predicted molar refractivity (Wildman–Crippen MR) is 68.3 cm³/mol. The lowest BCUT2D eigenvalue weighted by atomic mass is 9.87. The van der Waals surface area contributed by atoms with E-state index in [4.69, 9.17) is 4.74 Å². The smallest absolute Gasteiger partial charge is 0.305 e. The van der Waals surface area contributed by atoms with Gasteiger partial charge in [0, 0.05) is 6.42 Å². The molecule has 0 saturated carbocycles. The van der Waals surface area contributed by atoms with Gasteiger partial charge in [-0.2, -0.15) is 0 Å². The van der Waals surface area contributed by atoms with Gasteiger partial charge in [0.15, 0.2) is 0 Å². The molecular weight excluding hydrogens is 200 g/mol. The van der Waals surface area contributed by atoms with Gasteiger partial charge in [-0.25, -0.2) is 0 Å². The van der Waals surface area contributed by atoms with Crippen LogP contribution in [0.5, 0.6) is 0 Å². The van der Waals surface area contributed by atoms with Crippen LogP contribution in [0.1, 0.15) is 66.7 Å². The molecule has 0 radical (unpaired) electrons. The highest BCUT2D eigenvalue weighted by Gasteiger charge is 2.23. The van der Waals surface area contributed by atoms with Crippen molar-refractivity contribution in [1.82, 2.24) is 0 Å². The van der Waals surface area contributed by atoms with Crippen LogP contribution in [0.4, 0.5) is 0 Å². The molecule has 16 heavy (non-hydrogen) atoms. The molecule has 0 bridgehead atoms. The standard InChI is InChI=1S/C14H28O2/c1-6-11(5)10-12(7-2)13(8-3)16-14(15)9-4/h11-13H,6-10H2,1-5H3. The van der Waals surface area contributed by atoms with E-state index in [-0.39, 0.29) is 12.1 Å². The number of esters is 1. The van der Waals surface area contributed by atoms with E-state index in [1.165, 1.54) is 12.8 Å². The molecule has 0 N–H and O–H groups in total. The van der Waals surface area contributed by atoms with Crippen molar-refractivity contribution in [2.45, 2.75) is 72.8 Å². The summed E-state index contributed by atoms with van der Waals surface area (Å²) in [5.41, 5.74) is 0. The van der Waals surface area contributed by atoms with Crippen LogP contribution in [-0.2, 0) is 9.53 Å². The molecule has 0 aliphatic carbocycles. The van der Waals surface area contributed by atoms with Gasteiger partial charge in [0.2, 0.25) is 0 Å². The van der Waals surface area contributed by atoms with Crippen molar-refractivity contribution < 1.29 is 9.53 Å². The highest BCUT2D eigenvalue weighted by atomic mass is 16.5. The van der Waals surface area contributed by atoms with E-state index in [2.05, 4.69) is 27.7 Å². The predicted octanol–water partition coefficient (Wildman–Crippen LogP) is 4.18. The van der Waals surface area contributed by atoms with Crippen molar-refractivity contribution >= 4 is 5.97 Å². The second kappa shape index (κ2) is 8.60. The minimum absolute atomic E-state index is 0.0607. The average molecular weight is 228 g/mol. The third-order valence-corrected chi connectivity index (χ3v) is 3.43. The Hall–Kier alpha value is -0.530. The minimum atomic E-state index is -0.0607. The number of hydrogen-bond donors (Lipinski definition) is 0. The van der Waals surface area contributed by atoms with Gasteiger partial charge in [-0.05, 0) is 31.1 Å². The zero-order chi connectivity index (χ0) is 12.6. The summed E-state index contributed by atoms with van der Waals surface area (Å²) in [5.74, 6) is 1.18. The van der Waals surface area contributed by atoms with Crippen molar-refractivity contribution in [3.8, 4) is 0 Å². The van der Waals surface area contributed by atoms with Gasteiger partial charge >= 0.3 is 5.97 Å². The van der Waals surface area contributed by atoms with Gasteiger partial charge in [0.25, 0.3) is 0 Å². The first-order valence-corrected chi connectivity index (χ1v) is 6.78. The Morgan fingerprint density at radius 3 is 2.06 bits per heavy atom. The van der Waals surface area contributed by atoms with Gasteiger partial charge in [-0.1, -0.05) is 41.0 Å². The fourth-order valence-electron chi connectivity index (χ4n) is 2.03. The molecule has 0 rings (SSSR count). The summed E-state index contributed by atoms with van der Waals surface area (Å²) in [6.07, 6.45) is 5.00. The maximum absolute atomic E-state index is 11.3. The second-order valence-corrected chi connectivity index (χ2v) is 4.71. The Morgan fingerprint density at radius 2 is 1.69 bits per heavy atom. The summed E-state index contributed by atoms with van der Waals surface area (Å²) in [6.45, 7) is 10.6. The third-order valence-electron chi connectivity index (χ3n) is 3.43. The monoisotopic (exact) mass is 228 g/mol. The SMILES string of the molecule is CCC(=O)OC(CC)C(CC)CC(C)CC. The molecule has 0 spiro atoms. The van der Waals surface area contributed by atoms with Crippen molar-refractivity contribution in [2.75, 3.05) is 0 Å². The van der Waals surface area contributed by atoms with Gasteiger partial charge < -0.3 is 4.74 Å². The van der Waals surface area contributed by atoms with E-state index in [9.17, 15) is 4.79 Å². The Bertz CT molecular complexity index is 189. The largest absolute Gasteiger partial charge is 0.462 e. The lowest BCUT2D eigenvalue weighted by molar-refractivity contribution is -0.152. The zero-order valence-electron chi connectivity index (χ0n) is 11.6. The molecule has 2 heteroatoms. The normalized spacial score (nSPS) is 16.6. The first-order valence-electron chi connectivity index (χ1n) is 6.78. The lowest BCUT2D eigenvalue weighted by Crippen LogP contribution is -2.27. The van der Waals surface area contributed by atoms with Crippen LogP contribution in [0.25, 0.3) is 0 Å². The maximum atomic E-state index is 11.3. The van der Waals surface area contributed by atoms with Crippen LogP contribution in [-0.4, -0.2) is 12.1 Å². The van der Waals surface area contributed by atoms with Crippen molar-refractivity contribution in [3.05, 3.63) is 0 Å². The first-order chi connectivity index (χ1) is 7.58. The summed E-state index contributed by atoms with van der Waals surface area (Å²) < 4.78 is 5.51. The van der Waals surface area contributed by atoms with Crippen molar-refractivity contribution in [2.24, 2.45) is 11.8 Å². The van der Waals surface area contributed by atoms with Gasteiger partial charge in [-0.3, -0.25) is 4.79 Å². The van der Waals surface area contributed by atoms with Gasteiger partial charge in [-0.15, -0.1) is 0 Å². The highest BCUT2D eigenvalue weighted by molar-refractivity contribution is 5.69. The summed E-state index contributed by atoms with van der Waals surface area (Å²) in [6, 6.07) is 0. The van der Waals surface area contributed by atoms with Crippen LogP contribution in [0.3, 0.4) is 0 Å². The van der Waals surface area contributed by atoms with Gasteiger partial charge in [0.05, 0.1) is 0 Å². The summed E-state index contributed by atoms with van der Waals surface area (Å²) in [7, 11) is 0. The molecule has 0 aliphatic heterocycles. The number of rotatable bonds is 8. The van der Waals surface area contributed by atoms with E-state index < -0.39 is 0 Å². The number of carbonyl (C=O) groups is 1. The zero-order valence-corrected chi connectivity index (χ0v) is 11.6. The molecule has 0 saturated heterocycles. The van der Waals surface area contributed by atoms with E-state index >= 15 is 0 Å². The van der Waals surface area contributed by atoms with Crippen LogP contribution in [0, 0.1) is 11.8 Å². The molecule has 3 atom stereocenters. The molecular formula is C14H28O2. The van der Waals surface area contributed by atoms with E-state index in [0.29, 0.717) is 12.3 Å². The maximum Gasteiger partial charge on any atom is 0.305 e. The Balaban J connectivity index is 4.31. The highest BCUT2D eigenvalue weighted by Crippen LogP contribution is 2.25. The molecule has 0 fully saturated rings. The van der Waals surface area contributed by atoms with E-state index in [1.54, 1.807) is 0 Å². The Kier molecular flexibility index (Phi) is 8.32. The van der Waals surface area contributed by atoms with Crippen molar-refractivity contribution in [3.63, 3.8) is 0 Å². The second-order valence-electron chi connectivity index (χ2n) is 4.71. The number of ether oxygens (including phenoxy) is 1. The third kappa shape index (κ3) is 5.53. The summed E-state index contributed by atoms with van der Waals surface area (Å²) >= 11 is 0. The Morgan fingerprint density at radius 1 is 1.06 bits per heavy atom. The van der Waals surface area contributed by atoms with Crippen molar-refractivity contribution in [1.29, 1.82) is 0 Å². The first kappa shape index (κ1) is 15.5. The van der Waals surface area contributed by atoms with Gasteiger partial charge in [0.1, 0.15) is 6.10 Å². The summed E-state index contributed by atoms with van der Waals surface area (Å²) in [4.78, 5) is 11.3. The molecule has 3 unspecified atom stereocenters. The molecule has 96 valence electrons. The molecule has 0 aromatic heterocycles. The van der Waals surface area contributed by atoms with E-state index in [0.717, 1.165) is 18.8 Å². The fourth-order valence-corrected chi connectivity index (χ4v) is 2.03. The average Bonchev–Trinajstić information content (AvgIpc) is 2.32. The van der Waals surface area contributed by atoms with Crippen LogP contribution >= 0.6 is 0 Å². The molecule has 2 nitrogen and oxygen atoms in total. The number of carbonyl (C=O) groups excluding carboxylic acids is 1. The molecule has 0 aromatic rings. The topological polar surface area (TPSA) is 26.3 Å². The molecule has 0 aliphatic rings. The molecule has 0 heterocycles. The summed E-state index contributed by atoms with van der Waals surface area (Å²) in [5, 5.41) is 0. The Labute approximate surface area is 101 Å². The van der Waals surface area contributed by atoms with E-state index in [1.807, 2.05) is 6.92 Å². The lowest BCUT2D eigenvalue weighted by Gasteiger charge is -2.27. The van der Waals surface area contributed by atoms with Crippen LogP contribution in [0.2, 0.25) is 0 Å².